The van der Waals surface area contributed by atoms with Gasteiger partial charge in [-0.25, -0.2) is 19.0 Å². The molecule has 0 spiro atoms. The fraction of sp³-hybridized carbons (Fsp3) is 0.306. The number of nitrogen functional groups attached to an aromatic ring is 1. The molecule has 0 fully saturated rings. The van der Waals surface area contributed by atoms with E-state index in [1.165, 1.54) is 44.2 Å². The van der Waals surface area contributed by atoms with Crippen molar-refractivity contribution in [3.05, 3.63) is 83.8 Å². The van der Waals surface area contributed by atoms with Crippen molar-refractivity contribution in [3.8, 4) is 5.75 Å². The number of nitrogens with two attached hydrogens (primary N) is 1. The summed E-state index contributed by atoms with van der Waals surface area (Å²) in [6, 6.07) is 14.2. The largest absolute Gasteiger partial charge is 0.494 e. The SMILES string of the molecule is CCOc1ccc(F)c(C(Nc2ccc3c(N)nccc3c2)C(=O)N[C@H](CC(=O)OC)c2cc(NC(=O)OC)ccc2SC(C)C)c1.O=C(O)C(F)(F)F. The summed E-state index contributed by atoms with van der Waals surface area (Å²) in [6.07, 6.45) is -4.44. The van der Waals surface area contributed by atoms with Crippen molar-refractivity contribution in [1.29, 1.82) is 0 Å². The van der Waals surface area contributed by atoms with E-state index in [0.29, 0.717) is 35.1 Å². The number of carbonyl (C=O) groups is 4. The Labute approximate surface area is 311 Å². The zero-order chi connectivity index (χ0) is 40.2. The second-order valence-electron chi connectivity index (χ2n) is 11.5. The highest BCUT2D eigenvalue weighted by Crippen LogP contribution is 2.36. The van der Waals surface area contributed by atoms with E-state index in [2.05, 4.69) is 20.9 Å². The minimum absolute atomic E-state index is 0.0255. The monoisotopic (exact) mass is 777 g/mol. The van der Waals surface area contributed by atoms with Crippen LogP contribution in [-0.4, -0.2) is 66.3 Å². The molecule has 1 heterocycles. The number of esters is 1. The van der Waals surface area contributed by atoms with Crippen molar-refractivity contribution in [2.75, 3.05) is 37.2 Å². The predicted octanol–water partition coefficient (Wildman–Crippen LogP) is 7.24. The maximum Gasteiger partial charge on any atom is 0.490 e. The summed E-state index contributed by atoms with van der Waals surface area (Å²) in [5.74, 6) is -3.88. The minimum Gasteiger partial charge on any atom is -0.494 e. The molecule has 1 unspecified atom stereocenters. The van der Waals surface area contributed by atoms with Crippen LogP contribution in [0.15, 0.2) is 71.8 Å². The molecule has 18 heteroatoms. The van der Waals surface area contributed by atoms with E-state index in [4.69, 9.17) is 29.8 Å². The van der Waals surface area contributed by atoms with Gasteiger partial charge in [0.05, 0.1) is 33.3 Å². The normalized spacial score (nSPS) is 12.1. The second-order valence-corrected chi connectivity index (χ2v) is 13.1. The van der Waals surface area contributed by atoms with Crippen molar-refractivity contribution in [2.45, 2.75) is 55.6 Å². The first kappa shape index (κ1) is 42.6. The Balaban J connectivity index is 0.00000102. The fourth-order valence-corrected chi connectivity index (χ4v) is 5.91. The Morgan fingerprint density at radius 3 is 2.24 bits per heavy atom. The topological polar surface area (TPSA) is 191 Å². The Morgan fingerprint density at radius 1 is 0.944 bits per heavy atom. The molecule has 0 aliphatic heterocycles. The highest BCUT2D eigenvalue weighted by molar-refractivity contribution is 8.00. The molecule has 6 N–H and O–H groups in total. The number of nitrogens with zero attached hydrogens (tertiary/aromatic N) is 1. The number of fused-ring (bicyclic) bond motifs is 1. The number of thioether (sulfide) groups is 1. The van der Waals surface area contributed by atoms with Gasteiger partial charge in [-0.2, -0.15) is 13.2 Å². The van der Waals surface area contributed by atoms with Crippen molar-refractivity contribution < 1.29 is 56.1 Å². The van der Waals surface area contributed by atoms with E-state index in [-0.39, 0.29) is 17.2 Å². The number of nitrogens with one attached hydrogen (secondary N) is 3. The molecule has 0 aliphatic carbocycles. The second kappa shape index (κ2) is 19.3. The van der Waals surface area contributed by atoms with Gasteiger partial charge in [0.15, 0.2) is 0 Å². The molecule has 0 radical (unpaired) electrons. The number of amides is 2. The lowest BCUT2D eigenvalue weighted by Crippen LogP contribution is -2.38. The van der Waals surface area contributed by atoms with E-state index in [0.717, 1.165) is 15.7 Å². The van der Waals surface area contributed by atoms with Crippen LogP contribution >= 0.6 is 11.8 Å². The van der Waals surface area contributed by atoms with Gasteiger partial charge < -0.3 is 35.7 Å². The lowest BCUT2D eigenvalue weighted by molar-refractivity contribution is -0.192. The molecular formula is C36H39F4N5O8S. The molecule has 54 heavy (non-hydrogen) atoms. The number of hydrogen-bond acceptors (Lipinski definition) is 11. The lowest BCUT2D eigenvalue weighted by Gasteiger charge is -2.27. The van der Waals surface area contributed by atoms with Crippen LogP contribution in [0.4, 0.5) is 39.5 Å². The first-order valence-electron chi connectivity index (χ1n) is 16.1. The number of methoxy groups -OCH3 is 2. The van der Waals surface area contributed by atoms with Crippen molar-refractivity contribution in [3.63, 3.8) is 0 Å². The van der Waals surface area contributed by atoms with Gasteiger partial charge in [0.2, 0.25) is 5.91 Å². The summed E-state index contributed by atoms with van der Waals surface area (Å²) in [7, 11) is 2.49. The first-order valence-corrected chi connectivity index (χ1v) is 17.0. The first-order chi connectivity index (χ1) is 25.5. The van der Waals surface area contributed by atoms with Gasteiger partial charge in [-0.05, 0) is 78.5 Å². The van der Waals surface area contributed by atoms with Gasteiger partial charge in [0, 0.05) is 38.7 Å². The molecule has 3 aromatic carbocycles. The van der Waals surface area contributed by atoms with E-state index in [1.807, 2.05) is 13.8 Å². The molecule has 290 valence electrons. The Kier molecular flexibility index (Phi) is 15.3. The minimum atomic E-state index is -5.08. The standard InChI is InChI=1S/C34H38FN5O6S.C2HF3O2/c1-6-46-23-9-11-27(35)25(17-23)31(38-21-7-10-24-20(15-21)13-14-37-32(24)36)33(42)40-28(18-30(41)44-4)26-16-22(39-34(43)45-5)8-12-29(26)47-19(2)3;3-2(4,5)1(6)7/h7-17,19,28,31,38H,6,18H2,1-5H3,(H2,36,37)(H,39,43)(H,40,42);(H,6,7)/t28-,31?;/m1./s1. The van der Waals surface area contributed by atoms with Gasteiger partial charge >= 0.3 is 24.2 Å². The van der Waals surface area contributed by atoms with Gasteiger partial charge in [-0.15, -0.1) is 11.8 Å². The number of anilines is 3. The third kappa shape index (κ3) is 12.1. The van der Waals surface area contributed by atoms with E-state index < -0.39 is 48.0 Å². The zero-order valence-corrected chi connectivity index (χ0v) is 30.6. The van der Waals surface area contributed by atoms with Gasteiger partial charge in [-0.3, -0.25) is 14.9 Å². The Bertz CT molecular complexity index is 1960. The molecule has 1 aromatic heterocycles. The fourth-order valence-electron chi connectivity index (χ4n) is 4.91. The molecule has 2 amide bonds. The number of aromatic nitrogens is 1. The number of pyridine rings is 1. The summed E-state index contributed by atoms with van der Waals surface area (Å²) in [5.41, 5.74) is 7.50. The van der Waals surface area contributed by atoms with Crippen LogP contribution in [0.2, 0.25) is 0 Å². The average Bonchev–Trinajstić information content (AvgIpc) is 3.11. The molecule has 13 nitrogen and oxygen atoms in total. The van der Waals surface area contributed by atoms with E-state index >= 15 is 4.39 Å². The van der Waals surface area contributed by atoms with Crippen LogP contribution < -0.4 is 26.4 Å². The molecule has 0 aliphatic rings. The molecule has 4 rings (SSSR count). The molecule has 0 saturated carbocycles. The number of ether oxygens (including phenoxy) is 3. The average molecular weight is 778 g/mol. The molecule has 0 bridgehead atoms. The Morgan fingerprint density at radius 2 is 1.63 bits per heavy atom. The van der Waals surface area contributed by atoms with Gasteiger partial charge in [0.1, 0.15) is 23.4 Å². The van der Waals surface area contributed by atoms with Gasteiger partial charge in [0.25, 0.3) is 0 Å². The predicted molar refractivity (Wildman–Crippen MR) is 195 cm³/mol. The van der Waals surface area contributed by atoms with Crippen LogP contribution in [0.3, 0.4) is 0 Å². The summed E-state index contributed by atoms with van der Waals surface area (Å²) in [6.45, 7) is 6.14. The zero-order valence-electron chi connectivity index (χ0n) is 29.7. The van der Waals surface area contributed by atoms with Crippen LogP contribution in [0.5, 0.6) is 5.75 Å². The maximum atomic E-state index is 15.5. The lowest BCUT2D eigenvalue weighted by atomic mass is 9.99. The number of carboxylic acids is 1. The van der Waals surface area contributed by atoms with E-state index in [9.17, 15) is 27.6 Å². The molecule has 2 atom stereocenters. The third-order valence-electron chi connectivity index (χ3n) is 7.30. The number of benzene rings is 3. The molecular weight excluding hydrogens is 738 g/mol. The summed E-state index contributed by atoms with van der Waals surface area (Å²) in [5, 5.41) is 17.5. The van der Waals surface area contributed by atoms with Crippen LogP contribution in [0.25, 0.3) is 10.8 Å². The van der Waals surface area contributed by atoms with Crippen LogP contribution in [0, 0.1) is 5.82 Å². The van der Waals surface area contributed by atoms with Gasteiger partial charge in [-0.1, -0.05) is 13.8 Å². The molecule has 0 saturated heterocycles. The van der Waals surface area contributed by atoms with Crippen LogP contribution in [0.1, 0.15) is 50.4 Å². The van der Waals surface area contributed by atoms with Crippen LogP contribution in [-0.2, 0) is 23.9 Å². The number of aliphatic carboxylic acids is 1. The van der Waals surface area contributed by atoms with Crippen molar-refractivity contribution in [2.24, 2.45) is 0 Å². The smallest absolute Gasteiger partial charge is 0.490 e. The highest BCUT2D eigenvalue weighted by atomic mass is 32.2. The summed E-state index contributed by atoms with van der Waals surface area (Å²) >= 11 is 1.51. The van der Waals surface area contributed by atoms with E-state index in [1.54, 1.807) is 55.6 Å². The third-order valence-corrected chi connectivity index (χ3v) is 8.39. The maximum absolute atomic E-state index is 15.5. The summed E-state index contributed by atoms with van der Waals surface area (Å²) in [4.78, 5) is 52.8. The number of alkyl halides is 3. The number of carbonyl (C=O) groups excluding carboxylic acids is 3. The number of hydrogen-bond donors (Lipinski definition) is 5. The Hall–Kier alpha value is -5.78. The highest BCUT2D eigenvalue weighted by Gasteiger charge is 2.38. The van der Waals surface area contributed by atoms with Crippen molar-refractivity contribution >= 4 is 63.7 Å². The number of halogens is 4. The van der Waals surface area contributed by atoms with Crippen molar-refractivity contribution in [1.82, 2.24) is 10.3 Å². The number of rotatable bonds is 13. The number of carboxylic acid groups (broad SMARTS) is 1. The summed E-state index contributed by atoms with van der Waals surface area (Å²) < 4.78 is 62.6. The quantitative estimate of drug-likeness (QED) is 0.0520. The molecule has 4 aromatic rings.